The highest BCUT2D eigenvalue weighted by Crippen LogP contribution is 2.37. The molecule has 5 aromatic rings. The fourth-order valence-electron chi connectivity index (χ4n) is 3.69. The van der Waals surface area contributed by atoms with Crippen LogP contribution in [-0.2, 0) is 0 Å². The molecule has 0 N–H and O–H groups in total. The molecule has 0 saturated carbocycles. The number of aromatic nitrogens is 1. The number of para-hydroxylation sites is 2. The van der Waals surface area contributed by atoms with Crippen molar-refractivity contribution in [2.45, 2.75) is 0 Å². The Labute approximate surface area is 131 Å². The Bertz CT molecular complexity index is 1270. The molecule has 0 spiro atoms. The van der Waals surface area contributed by atoms with E-state index in [0.29, 0.717) is 0 Å². The van der Waals surface area contributed by atoms with Gasteiger partial charge >= 0.3 is 0 Å². The molecule has 0 aliphatic carbocycles. The van der Waals surface area contributed by atoms with Crippen LogP contribution in [-0.4, -0.2) is 11.5 Å². The Kier molecular flexibility index (Phi) is 2.29. The fraction of sp³-hybridized carbons (Fsp3) is 0.0500. The monoisotopic (exact) mass is 299 g/mol. The van der Waals surface area contributed by atoms with Crippen LogP contribution in [0.3, 0.4) is 0 Å². The normalized spacial score (nSPS) is 11.9. The van der Waals surface area contributed by atoms with Gasteiger partial charge in [-0.2, -0.15) is 0 Å². The van der Waals surface area contributed by atoms with E-state index >= 15 is 0 Å². The van der Waals surface area contributed by atoms with Gasteiger partial charge in [0.05, 0.1) is 18.1 Å². The lowest BCUT2D eigenvalue weighted by Gasteiger charge is -2.07. The van der Waals surface area contributed by atoms with Gasteiger partial charge < -0.3 is 4.74 Å². The minimum Gasteiger partial charge on any atom is -0.495 e. The third kappa shape index (κ3) is 1.41. The van der Waals surface area contributed by atoms with Gasteiger partial charge in [0.2, 0.25) is 0 Å². The van der Waals surface area contributed by atoms with Crippen LogP contribution in [0.2, 0.25) is 0 Å². The summed E-state index contributed by atoms with van der Waals surface area (Å²) in [6, 6.07) is 19.9. The van der Waals surface area contributed by atoms with Crippen LogP contribution in [0, 0.1) is 0 Å². The van der Waals surface area contributed by atoms with Crippen molar-refractivity contribution in [3.8, 4) is 5.75 Å². The molecule has 0 bridgehead atoms. The van der Waals surface area contributed by atoms with Gasteiger partial charge in [-0.3, -0.25) is 9.20 Å². The number of benzene rings is 3. The average Bonchev–Trinajstić information content (AvgIpc) is 2.95. The minimum atomic E-state index is 0.00352. The summed E-state index contributed by atoms with van der Waals surface area (Å²) in [6.45, 7) is 0. The average molecular weight is 299 g/mol. The molecule has 0 fully saturated rings. The molecule has 0 saturated heterocycles. The second kappa shape index (κ2) is 4.23. The van der Waals surface area contributed by atoms with E-state index in [9.17, 15) is 4.79 Å². The molecule has 0 aliphatic heterocycles. The lowest BCUT2D eigenvalue weighted by Crippen LogP contribution is -2.13. The molecule has 3 aromatic carbocycles. The Morgan fingerprint density at radius 3 is 2.00 bits per heavy atom. The van der Waals surface area contributed by atoms with E-state index in [-0.39, 0.29) is 5.56 Å². The number of ether oxygens (including phenoxy) is 1. The molecular formula is C20H13NO2. The van der Waals surface area contributed by atoms with Gasteiger partial charge in [-0.25, -0.2) is 0 Å². The van der Waals surface area contributed by atoms with E-state index in [0.717, 1.165) is 43.7 Å². The second-order valence-electron chi connectivity index (χ2n) is 5.74. The van der Waals surface area contributed by atoms with Crippen LogP contribution in [0.15, 0.2) is 65.5 Å². The molecule has 23 heavy (non-hydrogen) atoms. The number of fused-ring (bicyclic) bond motifs is 5. The smallest absolute Gasteiger partial charge is 0.263 e. The number of rotatable bonds is 1. The summed E-state index contributed by atoms with van der Waals surface area (Å²) in [5, 5.41) is 4.95. The molecule has 0 unspecified atom stereocenters. The van der Waals surface area contributed by atoms with Gasteiger partial charge in [0.25, 0.3) is 5.56 Å². The Morgan fingerprint density at radius 2 is 1.26 bits per heavy atom. The molecule has 0 aliphatic rings. The minimum absolute atomic E-state index is 0.00352. The standard InChI is InChI=1S/C20H13NO2/c1-23-17-11-5-10-15-14-9-4-8-13-12-6-2-3-7-16(12)20(22)21(18(13)14)19(15)17/h2-11H,1H3. The first-order valence-electron chi connectivity index (χ1n) is 7.55. The lowest BCUT2D eigenvalue weighted by molar-refractivity contribution is 0.418. The Balaban J connectivity index is 2.28. The van der Waals surface area contributed by atoms with Gasteiger partial charge in [0, 0.05) is 21.5 Å². The van der Waals surface area contributed by atoms with E-state index in [1.165, 1.54) is 0 Å². The molecule has 0 amide bonds. The van der Waals surface area contributed by atoms with Crippen molar-refractivity contribution in [2.24, 2.45) is 0 Å². The van der Waals surface area contributed by atoms with Crippen LogP contribution in [0.25, 0.3) is 38.0 Å². The van der Waals surface area contributed by atoms with Gasteiger partial charge in [0.15, 0.2) is 0 Å². The highest BCUT2D eigenvalue weighted by Gasteiger charge is 2.18. The van der Waals surface area contributed by atoms with E-state index in [2.05, 4.69) is 12.1 Å². The summed E-state index contributed by atoms with van der Waals surface area (Å²) in [7, 11) is 1.64. The summed E-state index contributed by atoms with van der Waals surface area (Å²) < 4.78 is 7.33. The third-order valence-electron chi connectivity index (χ3n) is 4.64. The van der Waals surface area contributed by atoms with Crippen molar-refractivity contribution in [3.05, 3.63) is 71.0 Å². The lowest BCUT2D eigenvalue weighted by atomic mass is 10.0. The zero-order valence-corrected chi connectivity index (χ0v) is 12.5. The third-order valence-corrected chi connectivity index (χ3v) is 4.64. The maximum absolute atomic E-state index is 13.1. The zero-order valence-electron chi connectivity index (χ0n) is 12.5. The highest BCUT2D eigenvalue weighted by atomic mass is 16.5. The first-order valence-corrected chi connectivity index (χ1v) is 7.55. The Morgan fingerprint density at radius 1 is 0.696 bits per heavy atom. The number of nitrogens with zero attached hydrogens (tertiary/aromatic N) is 1. The molecular weight excluding hydrogens is 286 g/mol. The number of hydrogen-bond donors (Lipinski definition) is 0. The summed E-state index contributed by atoms with van der Waals surface area (Å²) in [4.78, 5) is 13.1. The van der Waals surface area contributed by atoms with Crippen LogP contribution in [0.5, 0.6) is 5.75 Å². The van der Waals surface area contributed by atoms with Crippen LogP contribution < -0.4 is 10.3 Å². The fourth-order valence-corrected chi connectivity index (χ4v) is 3.69. The maximum atomic E-state index is 13.1. The van der Waals surface area contributed by atoms with E-state index < -0.39 is 0 Å². The van der Waals surface area contributed by atoms with Crippen molar-refractivity contribution >= 4 is 38.0 Å². The molecule has 3 nitrogen and oxygen atoms in total. The summed E-state index contributed by atoms with van der Waals surface area (Å²) in [5.74, 6) is 0.720. The van der Waals surface area contributed by atoms with Gasteiger partial charge in [-0.05, 0) is 17.5 Å². The van der Waals surface area contributed by atoms with Crippen molar-refractivity contribution < 1.29 is 4.74 Å². The van der Waals surface area contributed by atoms with Crippen molar-refractivity contribution in [1.82, 2.24) is 4.40 Å². The van der Waals surface area contributed by atoms with E-state index in [1.54, 1.807) is 11.5 Å². The van der Waals surface area contributed by atoms with E-state index in [1.807, 2.05) is 48.5 Å². The zero-order chi connectivity index (χ0) is 15.6. The summed E-state index contributed by atoms with van der Waals surface area (Å²) in [5.41, 5.74) is 1.82. The summed E-state index contributed by atoms with van der Waals surface area (Å²) >= 11 is 0. The molecule has 0 radical (unpaired) electrons. The van der Waals surface area contributed by atoms with Gasteiger partial charge in [0.1, 0.15) is 5.75 Å². The predicted octanol–water partition coefficient (Wildman–Crippen LogP) is 4.21. The molecule has 5 rings (SSSR count). The molecule has 3 heteroatoms. The maximum Gasteiger partial charge on any atom is 0.263 e. The molecule has 2 aromatic heterocycles. The van der Waals surface area contributed by atoms with E-state index in [4.69, 9.17) is 4.74 Å². The molecule has 2 heterocycles. The first kappa shape index (κ1) is 12.5. The topological polar surface area (TPSA) is 30.7 Å². The van der Waals surface area contributed by atoms with Crippen molar-refractivity contribution in [3.63, 3.8) is 0 Å². The number of methoxy groups -OCH3 is 1. The Hall–Kier alpha value is -3.07. The molecule has 0 atom stereocenters. The number of hydrogen-bond acceptors (Lipinski definition) is 2. The van der Waals surface area contributed by atoms with Crippen LogP contribution in [0.1, 0.15) is 0 Å². The van der Waals surface area contributed by atoms with Crippen molar-refractivity contribution in [1.29, 1.82) is 0 Å². The van der Waals surface area contributed by atoms with Gasteiger partial charge in [-0.15, -0.1) is 0 Å². The summed E-state index contributed by atoms with van der Waals surface area (Å²) in [6.07, 6.45) is 0. The van der Waals surface area contributed by atoms with Crippen LogP contribution >= 0.6 is 0 Å². The SMILES string of the molecule is COc1cccc2c3cccc4c5ccccc5c(=O)n(c12)c43. The largest absolute Gasteiger partial charge is 0.495 e. The van der Waals surface area contributed by atoms with Crippen LogP contribution in [0.4, 0.5) is 0 Å². The highest BCUT2D eigenvalue weighted by molar-refractivity contribution is 6.20. The number of pyridine rings is 1. The second-order valence-corrected chi connectivity index (χ2v) is 5.74. The molecule has 110 valence electrons. The predicted molar refractivity (Wildman–Crippen MR) is 93.9 cm³/mol. The quantitative estimate of drug-likeness (QED) is 0.434. The first-order chi connectivity index (χ1) is 11.3. The van der Waals surface area contributed by atoms with Gasteiger partial charge in [-0.1, -0.05) is 48.5 Å². The van der Waals surface area contributed by atoms with Crippen molar-refractivity contribution in [2.75, 3.05) is 7.11 Å².